The normalized spacial score (nSPS) is 13.1. The molecule has 5 heteroatoms. The monoisotopic (exact) mass is 497 g/mol. The highest BCUT2D eigenvalue weighted by atomic mass is 32.1. The molecule has 1 aliphatic heterocycles. The number of thiophene rings is 1. The van der Waals surface area contributed by atoms with Crippen LogP contribution in [-0.2, 0) is 0 Å². The first-order valence-electron chi connectivity index (χ1n) is 12.2. The Balaban J connectivity index is 1.15. The van der Waals surface area contributed by atoms with E-state index in [1.54, 1.807) is 0 Å². The van der Waals surface area contributed by atoms with E-state index in [-0.39, 0.29) is 0 Å². The van der Waals surface area contributed by atoms with Gasteiger partial charge in [-0.15, -0.1) is 11.3 Å². The lowest BCUT2D eigenvalue weighted by atomic mass is 10.1. The van der Waals surface area contributed by atoms with Crippen LogP contribution in [0.4, 0.5) is 11.4 Å². The topological polar surface area (TPSA) is 28.6 Å². The number of rotatable bonds is 5. The Labute approximate surface area is 219 Å². The fourth-order valence-electron chi connectivity index (χ4n) is 4.79. The van der Waals surface area contributed by atoms with Crippen molar-refractivity contribution in [1.82, 2.24) is 4.98 Å². The van der Waals surface area contributed by atoms with E-state index in [2.05, 4.69) is 107 Å². The molecule has 0 atom stereocenters. The molecule has 0 aliphatic carbocycles. The van der Waals surface area contributed by atoms with Crippen molar-refractivity contribution < 1.29 is 4.74 Å². The summed E-state index contributed by atoms with van der Waals surface area (Å²) >= 11 is 1.81. The van der Waals surface area contributed by atoms with Crippen molar-refractivity contribution in [1.29, 1.82) is 0 Å². The lowest BCUT2D eigenvalue weighted by Gasteiger charge is -2.21. The SMILES string of the molecule is C1=CN(c2cccc(Oc3cccc(-c4cccc5c4sc4ccccc45)n3)c2)CN1c1ccccc1. The highest BCUT2D eigenvalue weighted by Crippen LogP contribution is 2.39. The van der Waals surface area contributed by atoms with Crippen LogP contribution in [0.3, 0.4) is 0 Å². The van der Waals surface area contributed by atoms with Gasteiger partial charge in [0.2, 0.25) is 5.88 Å². The zero-order valence-corrected chi connectivity index (χ0v) is 20.8. The molecule has 37 heavy (non-hydrogen) atoms. The van der Waals surface area contributed by atoms with Crippen LogP contribution in [0, 0.1) is 0 Å². The van der Waals surface area contributed by atoms with E-state index in [1.165, 1.54) is 25.9 Å². The van der Waals surface area contributed by atoms with Gasteiger partial charge in [-0.25, -0.2) is 4.98 Å². The summed E-state index contributed by atoms with van der Waals surface area (Å²) in [6, 6.07) is 39.5. The standard InChI is InChI=1S/C32H23N3OS/c1-2-9-23(10-3-1)34-19-20-35(22-34)24-11-6-12-25(21-24)36-31-18-8-16-29(33-31)28-15-7-14-27-26-13-4-5-17-30(26)37-32(27)28/h1-21H,22H2. The summed E-state index contributed by atoms with van der Waals surface area (Å²) in [7, 11) is 0. The quantitative estimate of drug-likeness (QED) is 0.238. The molecule has 178 valence electrons. The summed E-state index contributed by atoms with van der Waals surface area (Å²) in [5.74, 6) is 1.34. The van der Waals surface area contributed by atoms with Crippen molar-refractivity contribution in [2.45, 2.75) is 0 Å². The van der Waals surface area contributed by atoms with Gasteiger partial charge in [-0.05, 0) is 36.4 Å². The number of hydrogen-bond acceptors (Lipinski definition) is 5. The first-order valence-corrected chi connectivity index (χ1v) is 13.1. The van der Waals surface area contributed by atoms with Crippen molar-refractivity contribution in [2.75, 3.05) is 16.5 Å². The van der Waals surface area contributed by atoms with Crippen molar-refractivity contribution in [3.63, 3.8) is 0 Å². The molecule has 0 amide bonds. The van der Waals surface area contributed by atoms with Gasteiger partial charge in [-0.1, -0.05) is 66.7 Å². The van der Waals surface area contributed by atoms with Gasteiger partial charge in [0.25, 0.3) is 0 Å². The number of nitrogens with zero attached hydrogens (tertiary/aromatic N) is 3. The van der Waals surface area contributed by atoms with Crippen LogP contribution in [-0.4, -0.2) is 11.7 Å². The van der Waals surface area contributed by atoms with Crippen LogP contribution in [0.25, 0.3) is 31.4 Å². The predicted molar refractivity (Wildman–Crippen MR) is 154 cm³/mol. The van der Waals surface area contributed by atoms with Gasteiger partial charge in [0.05, 0.1) is 12.4 Å². The summed E-state index contributed by atoms with van der Waals surface area (Å²) in [5.41, 5.74) is 4.27. The van der Waals surface area contributed by atoms with Crippen LogP contribution in [0.2, 0.25) is 0 Å². The molecular weight excluding hydrogens is 474 g/mol. The zero-order chi connectivity index (χ0) is 24.6. The van der Waals surface area contributed by atoms with E-state index >= 15 is 0 Å². The number of hydrogen-bond donors (Lipinski definition) is 0. The molecule has 1 aliphatic rings. The highest BCUT2D eigenvalue weighted by Gasteiger charge is 2.16. The molecule has 0 radical (unpaired) electrons. The first kappa shape index (κ1) is 21.7. The molecule has 0 N–H and O–H groups in total. The van der Waals surface area contributed by atoms with Gasteiger partial charge in [-0.2, -0.15) is 0 Å². The van der Waals surface area contributed by atoms with Crippen LogP contribution < -0.4 is 14.5 Å². The lowest BCUT2D eigenvalue weighted by Crippen LogP contribution is -2.24. The molecule has 0 bridgehead atoms. The number of fused-ring (bicyclic) bond motifs is 3. The minimum absolute atomic E-state index is 0.579. The Kier molecular flexibility index (Phi) is 5.34. The van der Waals surface area contributed by atoms with Crippen LogP contribution >= 0.6 is 11.3 Å². The van der Waals surface area contributed by atoms with E-state index in [4.69, 9.17) is 9.72 Å². The van der Waals surface area contributed by atoms with Crippen LogP contribution in [0.5, 0.6) is 11.6 Å². The molecule has 2 aromatic heterocycles. The third kappa shape index (κ3) is 4.09. The maximum absolute atomic E-state index is 6.25. The second kappa shape index (κ2) is 9.12. The summed E-state index contributed by atoms with van der Waals surface area (Å²) in [6.45, 7) is 0.750. The highest BCUT2D eigenvalue weighted by molar-refractivity contribution is 7.26. The summed E-state index contributed by atoms with van der Waals surface area (Å²) in [4.78, 5) is 9.30. The molecule has 0 saturated heterocycles. The average molecular weight is 498 g/mol. The molecule has 4 nitrogen and oxygen atoms in total. The Hall–Kier alpha value is -4.61. The molecule has 0 saturated carbocycles. The molecule has 0 unspecified atom stereocenters. The molecule has 6 aromatic rings. The minimum atomic E-state index is 0.579. The van der Waals surface area contributed by atoms with Crippen LogP contribution in [0.15, 0.2) is 128 Å². The second-order valence-electron chi connectivity index (χ2n) is 8.96. The molecular formula is C32H23N3OS. The summed E-state index contributed by atoms with van der Waals surface area (Å²) < 4.78 is 8.79. The van der Waals surface area contributed by atoms with Crippen molar-refractivity contribution >= 4 is 42.9 Å². The number of anilines is 2. The van der Waals surface area contributed by atoms with Crippen LogP contribution in [0.1, 0.15) is 0 Å². The van der Waals surface area contributed by atoms with Gasteiger partial charge >= 0.3 is 0 Å². The maximum Gasteiger partial charge on any atom is 0.219 e. The third-order valence-electron chi connectivity index (χ3n) is 6.59. The van der Waals surface area contributed by atoms with E-state index in [9.17, 15) is 0 Å². The minimum Gasteiger partial charge on any atom is -0.439 e. The van der Waals surface area contributed by atoms with E-state index < -0.39 is 0 Å². The van der Waals surface area contributed by atoms with E-state index in [0.29, 0.717) is 5.88 Å². The second-order valence-corrected chi connectivity index (χ2v) is 10.0. The number of para-hydroxylation sites is 1. The molecule has 4 aromatic carbocycles. The molecule has 0 spiro atoms. The van der Waals surface area contributed by atoms with Gasteiger partial charge < -0.3 is 14.5 Å². The average Bonchev–Trinajstić information content (AvgIpc) is 3.60. The summed E-state index contributed by atoms with van der Waals surface area (Å²) in [6.07, 6.45) is 4.19. The van der Waals surface area contributed by atoms with Crippen molar-refractivity contribution in [2.24, 2.45) is 0 Å². The fourth-order valence-corrected chi connectivity index (χ4v) is 6.02. The molecule has 0 fully saturated rings. The maximum atomic E-state index is 6.25. The van der Waals surface area contributed by atoms with Crippen molar-refractivity contribution in [3.05, 3.63) is 128 Å². The summed E-state index contributed by atoms with van der Waals surface area (Å²) in [5, 5.41) is 2.55. The predicted octanol–water partition coefficient (Wildman–Crippen LogP) is 8.66. The Morgan fingerprint density at radius 3 is 2.30 bits per heavy atom. The van der Waals surface area contributed by atoms with Crippen molar-refractivity contribution in [3.8, 4) is 22.9 Å². The largest absolute Gasteiger partial charge is 0.439 e. The van der Waals surface area contributed by atoms with Gasteiger partial charge in [0.1, 0.15) is 5.75 Å². The third-order valence-corrected chi connectivity index (χ3v) is 7.81. The smallest absolute Gasteiger partial charge is 0.219 e. The van der Waals surface area contributed by atoms with E-state index in [1.807, 2.05) is 41.7 Å². The number of ether oxygens (including phenoxy) is 1. The zero-order valence-electron chi connectivity index (χ0n) is 20.0. The van der Waals surface area contributed by atoms with Gasteiger partial charge in [0, 0.05) is 61.6 Å². The first-order chi connectivity index (χ1) is 18.3. The van der Waals surface area contributed by atoms with Gasteiger partial charge in [0.15, 0.2) is 0 Å². The number of aromatic nitrogens is 1. The Morgan fingerprint density at radius 1 is 0.649 bits per heavy atom. The number of pyridine rings is 1. The Bertz CT molecular complexity index is 1760. The number of benzene rings is 4. The molecule has 3 heterocycles. The van der Waals surface area contributed by atoms with E-state index in [0.717, 1.165) is 29.4 Å². The van der Waals surface area contributed by atoms with Gasteiger partial charge in [-0.3, -0.25) is 0 Å². The fraction of sp³-hybridized carbons (Fsp3) is 0.0312. The molecule has 7 rings (SSSR count). The lowest BCUT2D eigenvalue weighted by molar-refractivity contribution is 0.464. The Morgan fingerprint density at radius 2 is 1.38 bits per heavy atom.